The Hall–Kier alpha value is -3.31. The average Bonchev–Trinajstić information content (AvgIpc) is 2.83. The number of nitrogens with one attached hydrogen (secondary N) is 2. The number of carbonyl (C=O) groups is 1. The molecule has 12 heteroatoms. The van der Waals surface area contributed by atoms with Crippen LogP contribution in [0.5, 0.6) is 0 Å². The Bertz CT molecular complexity index is 1400. The van der Waals surface area contributed by atoms with E-state index in [9.17, 15) is 27.2 Å². The van der Waals surface area contributed by atoms with E-state index in [1.54, 1.807) is 19.1 Å². The number of hydrogen-bond donors (Lipinski definition) is 2. The summed E-state index contributed by atoms with van der Waals surface area (Å²) in [6.45, 7) is 1.27. The van der Waals surface area contributed by atoms with Gasteiger partial charge in [0.25, 0.3) is 5.56 Å². The molecule has 0 spiro atoms. The van der Waals surface area contributed by atoms with Crippen molar-refractivity contribution in [1.82, 2.24) is 15.3 Å². The van der Waals surface area contributed by atoms with E-state index in [1.165, 1.54) is 6.07 Å². The fourth-order valence-corrected chi connectivity index (χ4v) is 4.34. The predicted octanol–water partition coefficient (Wildman–Crippen LogP) is 5.56. The summed E-state index contributed by atoms with van der Waals surface area (Å²) in [6, 6.07) is 7.32. The lowest BCUT2D eigenvalue weighted by atomic mass is 9.81. The molecule has 2 aromatic carbocycles. The molecule has 1 aliphatic rings. The molecule has 0 aliphatic heterocycles. The number of rotatable bonds is 8. The first-order valence-electron chi connectivity index (χ1n) is 11.8. The number of aromatic amines is 1. The molecule has 2 N–H and O–H groups in total. The van der Waals surface area contributed by atoms with Crippen molar-refractivity contribution in [2.75, 3.05) is 0 Å². The van der Waals surface area contributed by atoms with Gasteiger partial charge in [-0.2, -0.15) is 13.2 Å². The Balaban J connectivity index is 1.42. The highest BCUT2D eigenvalue weighted by atomic mass is 35.5. The molecule has 0 unspecified atom stereocenters. The molecule has 0 radical (unpaired) electrons. The third-order valence-corrected chi connectivity index (χ3v) is 6.64. The lowest BCUT2D eigenvalue weighted by Crippen LogP contribution is -2.42. The Morgan fingerprint density at radius 3 is 2.58 bits per heavy atom. The monoisotopic (exact) mass is 555 g/mol. The highest BCUT2D eigenvalue weighted by Crippen LogP contribution is 2.38. The van der Waals surface area contributed by atoms with Gasteiger partial charge in [0.05, 0.1) is 28.9 Å². The van der Waals surface area contributed by atoms with Crippen LogP contribution in [0.3, 0.4) is 0 Å². The van der Waals surface area contributed by atoms with Gasteiger partial charge in [-0.1, -0.05) is 36.7 Å². The van der Waals surface area contributed by atoms with Gasteiger partial charge in [0.15, 0.2) is 0 Å². The summed E-state index contributed by atoms with van der Waals surface area (Å²) in [5, 5.41) is 2.52. The van der Waals surface area contributed by atoms with E-state index in [0.29, 0.717) is 24.5 Å². The maximum atomic E-state index is 15.4. The topological polar surface area (TPSA) is 84.1 Å². The summed E-state index contributed by atoms with van der Waals surface area (Å²) < 4.78 is 75.9. The lowest BCUT2D eigenvalue weighted by Gasteiger charge is -2.34. The maximum absolute atomic E-state index is 15.4. The van der Waals surface area contributed by atoms with Crippen LogP contribution in [0.4, 0.5) is 22.0 Å². The Morgan fingerprint density at radius 2 is 1.89 bits per heavy atom. The summed E-state index contributed by atoms with van der Waals surface area (Å²) in [5.74, 6) is -3.21. The Labute approximate surface area is 219 Å². The van der Waals surface area contributed by atoms with Gasteiger partial charge in [0.1, 0.15) is 17.5 Å². The Kier molecular flexibility index (Phi) is 8.17. The number of aryl methyl sites for hydroxylation is 1. The van der Waals surface area contributed by atoms with Crippen molar-refractivity contribution in [1.29, 1.82) is 0 Å². The van der Waals surface area contributed by atoms with Gasteiger partial charge in [-0.3, -0.25) is 9.59 Å². The van der Waals surface area contributed by atoms with E-state index in [2.05, 4.69) is 15.3 Å². The first kappa shape index (κ1) is 27.7. The van der Waals surface area contributed by atoms with Crippen molar-refractivity contribution in [3.05, 3.63) is 85.8 Å². The van der Waals surface area contributed by atoms with Gasteiger partial charge in [-0.15, -0.1) is 0 Å². The van der Waals surface area contributed by atoms with Crippen LogP contribution in [0.25, 0.3) is 11.4 Å². The SMILES string of the molecule is CCc1cc(=O)[nH]c(-c2c(C(F)(F)F)ccc(CNC(=O)[C@H]3C[C@H](OCc4cccc(Cl)c4F)C3)c2F)n1. The van der Waals surface area contributed by atoms with E-state index < -0.39 is 52.1 Å². The molecule has 1 fully saturated rings. The van der Waals surface area contributed by atoms with Crippen LogP contribution in [0.15, 0.2) is 41.2 Å². The second-order valence-corrected chi connectivity index (χ2v) is 9.34. The van der Waals surface area contributed by atoms with E-state index in [1.807, 2.05) is 0 Å². The van der Waals surface area contributed by atoms with Crippen LogP contribution in [0, 0.1) is 17.6 Å². The normalized spacial score (nSPS) is 17.2. The van der Waals surface area contributed by atoms with Crippen molar-refractivity contribution in [3.63, 3.8) is 0 Å². The predicted molar refractivity (Wildman–Crippen MR) is 129 cm³/mol. The van der Waals surface area contributed by atoms with Crippen LogP contribution < -0.4 is 10.9 Å². The zero-order chi connectivity index (χ0) is 27.6. The molecule has 0 saturated heterocycles. The number of hydrogen-bond acceptors (Lipinski definition) is 4. The van der Waals surface area contributed by atoms with Gasteiger partial charge < -0.3 is 15.0 Å². The van der Waals surface area contributed by atoms with E-state index in [4.69, 9.17) is 16.3 Å². The molecule has 4 rings (SSSR count). The second kappa shape index (κ2) is 11.2. The molecule has 0 bridgehead atoms. The third kappa shape index (κ3) is 6.05. The number of halogens is 6. The first-order valence-corrected chi connectivity index (χ1v) is 12.2. The molecule has 3 aromatic rings. The van der Waals surface area contributed by atoms with Gasteiger partial charge in [0, 0.05) is 35.3 Å². The zero-order valence-electron chi connectivity index (χ0n) is 20.1. The molecule has 202 valence electrons. The minimum atomic E-state index is -4.91. The maximum Gasteiger partial charge on any atom is 0.417 e. The van der Waals surface area contributed by atoms with Gasteiger partial charge >= 0.3 is 6.18 Å². The standard InChI is InChI=1S/C26H23ClF5N3O3/c1-2-16-10-20(36)35-24(34-16)21-18(26(30,31)32)7-6-13(23(21)29)11-33-25(37)15-8-17(9-15)38-12-14-4-3-5-19(27)22(14)28/h3-7,10,15,17H,2,8-9,11-12H2,1H3,(H,33,37)(H,34,35,36)/t15-,17-. The molecular formula is C26H23ClF5N3O3. The van der Waals surface area contributed by atoms with Gasteiger partial charge in [-0.25, -0.2) is 13.8 Å². The number of benzene rings is 2. The van der Waals surface area contributed by atoms with Crippen LogP contribution in [0.2, 0.25) is 5.02 Å². The number of H-pyrrole nitrogens is 1. The van der Waals surface area contributed by atoms with Crippen LogP contribution in [-0.4, -0.2) is 22.0 Å². The molecular weight excluding hydrogens is 533 g/mol. The third-order valence-electron chi connectivity index (χ3n) is 6.35. The minimum Gasteiger partial charge on any atom is -0.373 e. The van der Waals surface area contributed by atoms with Crippen LogP contribution >= 0.6 is 11.6 Å². The fourth-order valence-electron chi connectivity index (χ4n) is 4.14. The summed E-state index contributed by atoms with van der Waals surface area (Å²) in [4.78, 5) is 30.6. The highest BCUT2D eigenvalue weighted by Gasteiger charge is 2.38. The van der Waals surface area contributed by atoms with Gasteiger partial charge in [0.2, 0.25) is 5.91 Å². The number of alkyl halides is 3. The summed E-state index contributed by atoms with van der Waals surface area (Å²) >= 11 is 5.75. The van der Waals surface area contributed by atoms with E-state index in [-0.39, 0.29) is 42.0 Å². The molecule has 0 atom stereocenters. The van der Waals surface area contributed by atoms with Gasteiger partial charge in [-0.05, 0) is 31.4 Å². The molecule has 1 aromatic heterocycles. The number of carbonyl (C=O) groups excluding carboxylic acids is 1. The molecule has 38 heavy (non-hydrogen) atoms. The molecule has 6 nitrogen and oxygen atoms in total. The van der Waals surface area contributed by atoms with Crippen molar-refractivity contribution in [2.24, 2.45) is 5.92 Å². The molecule has 1 saturated carbocycles. The van der Waals surface area contributed by atoms with Crippen molar-refractivity contribution >= 4 is 17.5 Å². The fraction of sp³-hybridized carbons (Fsp3) is 0.346. The lowest BCUT2D eigenvalue weighted by molar-refractivity contribution is -0.137. The number of aromatic nitrogens is 2. The summed E-state index contributed by atoms with van der Waals surface area (Å²) in [6.07, 6.45) is -4.23. The number of ether oxygens (including phenoxy) is 1. The van der Waals surface area contributed by atoms with Crippen molar-refractivity contribution < 1.29 is 31.5 Å². The van der Waals surface area contributed by atoms with Crippen molar-refractivity contribution in [2.45, 2.75) is 51.6 Å². The largest absolute Gasteiger partial charge is 0.417 e. The molecule has 1 aliphatic carbocycles. The zero-order valence-corrected chi connectivity index (χ0v) is 20.9. The summed E-state index contributed by atoms with van der Waals surface area (Å²) in [5.41, 5.74) is -2.60. The highest BCUT2D eigenvalue weighted by molar-refractivity contribution is 6.30. The summed E-state index contributed by atoms with van der Waals surface area (Å²) in [7, 11) is 0. The Morgan fingerprint density at radius 1 is 1.16 bits per heavy atom. The van der Waals surface area contributed by atoms with E-state index >= 15 is 4.39 Å². The van der Waals surface area contributed by atoms with E-state index in [0.717, 1.165) is 12.1 Å². The smallest absolute Gasteiger partial charge is 0.373 e. The quantitative estimate of drug-likeness (QED) is 0.356. The van der Waals surface area contributed by atoms with Crippen LogP contribution in [-0.2, 0) is 35.3 Å². The second-order valence-electron chi connectivity index (χ2n) is 8.93. The first-order chi connectivity index (χ1) is 18.0. The van der Waals surface area contributed by atoms with Crippen LogP contribution in [0.1, 0.15) is 42.1 Å². The van der Waals surface area contributed by atoms with Crippen molar-refractivity contribution in [3.8, 4) is 11.4 Å². The number of amides is 1. The average molecular weight is 556 g/mol. The molecule has 1 heterocycles. The molecule has 1 amide bonds. The minimum absolute atomic E-state index is 0.0136. The number of nitrogens with zero attached hydrogens (tertiary/aromatic N) is 1.